The lowest BCUT2D eigenvalue weighted by Gasteiger charge is -2.34. The van der Waals surface area contributed by atoms with E-state index in [0.29, 0.717) is 34.6 Å². The lowest BCUT2D eigenvalue weighted by Crippen LogP contribution is -2.22. The van der Waals surface area contributed by atoms with Crippen LogP contribution in [0.5, 0.6) is 0 Å². The molecule has 0 aromatic heterocycles. The van der Waals surface area contributed by atoms with Crippen molar-refractivity contribution in [3.05, 3.63) is 89.0 Å². The van der Waals surface area contributed by atoms with Crippen molar-refractivity contribution in [3.8, 4) is 22.3 Å². The van der Waals surface area contributed by atoms with Crippen molar-refractivity contribution in [1.82, 2.24) is 0 Å². The predicted octanol–water partition coefficient (Wildman–Crippen LogP) is 10.9. The lowest BCUT2D eigenvalue weighted by atomic mass is 9.71. The van der Waals surface area contributed by atoms with E-state index in [2.05, 4.69) is 13.0 Å². The predicted molar refractivity (Wildman–Crippen MR) is 152 cm³/mol. The summed E-state index contributed by atoms with van der Waals surface area (Å²) in [7, 11) is 0. The number of allylic oxidation sites excluding steroid dienone is 2. The Labute approximate surface area is 230 Å². The SMILES string of the molecule is CCCCc1ccc(-c2ccc(-c3ccc(C4=CCC(C5CCC(C)CC5)CC4)c(F)c3F)cc2)c(F)c1F. The summed E-state index contributed by atoms with van der Waals surface area (Å²) in [4.78, 5) is 0. The van der Waals surface area contributed by atoms with Gasteiger partial charge in [0, 0.05) is 16.7 Å². The van der Waals surface area contributed by atoms with Crippen LogP contribution in [0.4, 0.5) is 17.6 Å². The van der Waals surface area contributed by atoms with Crippen LogP contribution in [0, 0.1) is 41.0 Å². The fourth-order valence-electron chi connectivity index (χ4n) is 6.51. The molecule has 0 spiro atoms. The second-order valence-electron chi connectivity index (χ2n) is 11.7. The first-order valence-corrected chi connectivity index (χ1v) is 14.6. The van der Waals surface area contributed by atoms with Crippen molar-refractivity contribution < 1.29 is 17.6 Å². The molecule has 0 saturated heterocycles. The molecule has 1 atom stereocenters. The second kappa shape index (κ2) is 12.1. The molecule has 0 N–H and O–H groups in total. The summed E-state index contributed by atoms with van der Waals surface area (Å²) in [6.45, 7) is 4.34. The molecule has 0 heterocycles. The lowest BCUT2D eigenvalue weighted by molar-refractivity contribution is 0.202. The first-order valence-electron chi connectivity index (χ1n) is 14.6. The van der Waals surface area contributed by atoms with E-state index in [1.165, 1.54) is 25.7 Å². The van der Waals surface area contributed by atoms with Crippen LogP contribution in [0.1, 0.15) is 82.8 Å². The standard InChI is InChI=1S/C35H38F4/c1-3-4-5-28-18-19-29(33(37)32(28)36)26-14-16-27(17-15-26)31-21-20-30(34(38)35(31)39)25-12-10-24(11-13-25)23-8-6-22(2)7-9-23/h12,14-24H,3-11,13H2,1-2H3. The van der Waals surface area contributed by atoms with E-state index >= 15 is 8.78 Å². The summed E-state index contributed by atoms with van der Waals surface area (Å²) < 4.78 is 59.9. The molecule has 3 aromatic rings. The van der Waals surface area contributed by atoms with E-state index in [4.69, 9.17) is 0 Å². The molecule has 39 heavy (non-hydrogen) atoms. The molecule has 1 saturated carbocycles. The van der Waals surface area contributed by atoms with E-state index in [-0.39, 0.29) is 11.1 Å². The van der Waals surface area contributed by atoms with Gasteiger partial charge in [-0.25, -0.2) is 17.6 Å². The molecular formula is C35H38F4. The fourth-order valence-corrected chi connectivity index (χ4v) is 6.51. The summed E-state index contributed by atoms with van der Waals surface area (Å²) in [5.41, 5.74) is 2.93. The molecule has 2 aliphatic carbocycles. The summed E-state index contributed by atoms with van der Waals surface area (Å²) in [6.07, 6.45) is 12.3. The normalized spacial score (nSPS) is 21.6. The van der Waals surface area contributed by atoms with E-state index in [9.17, 15) is 8.78 Å². The molecule has 206 valence electrons. The van der Waals surface area contributed by atoms with Crippen LogP contribution in [0.2, 0.25) is 0 Å². The van der Waals surface area contributed by atoms with E-state index in [0.717, 1.165) is 49.5 Å². The topological polar surface area (TPSA) is 0 Å². The Morgan fingerprint density at radius 1 is 0.641 bits per heavy atom. The summed E-state index contributed by atoms with van der Waals surface area (Å²) in [5, 5.41) is 0. The van der Waals surface area contributed by atoms with Crippen molar-refractivity contribution in [2.75, 3.05) is 0 Å². The Bertz CT molecular complexity index is 1330. The molecule has 1 unspecified atom stereocenters. The van der Waals surface area contributed by atoms with Crippen molar-refractivity contribution in [3.63, 3.8) is 0 Å². The third kappa shape index (κ3) is 5.85. The zero-order valence-electron chi connectivity index (χ0n) is 23.0. The average molecular weight is 535 g/mol. The van der Waals surface area contributed by atoms with Gasteiger partial charge in [0.05, 0.1) is 0 Å². The van der Waals surface area contributed by atoms with Gasteiger partial charge >= 0.3 is 0 Å². The van der Waals surface area contributed by atoms with Gasteiger partial charge in [-0.2, -0.15) is 0 Å². The van der Waals surface area contributed by atoms with Crippen molar-refractivity contribution >= 4 is 5.57 Å². The highest BCUT2D eigenvalue weighted by molar-refractivity contribution is 5.74. The Kier molecular flexibility index (Phi) is 8.59. The summed E-state index contributed by atoms with van der Waals surface area (Å²) in [6, 6.07) is 13.0. The minimum absolute atomic E-state index is 0.159. The largest absolute Gasteiger partial charge is 0.203 e. The number of benzene rings is 3. The average Bonchev–Trinajstić information content (AvgIpc) is 2.96. The molecule has 0 amide bonds. The second-order valence-corrected chi connectivity index (χ2v) is 11.7. The highest BCUT2D eigenvalue weighted by atomic mass is 19.2. The molecule has 5 rings (SSSR count). The van der Waals surface area contributed by atoms with Gasteiger partial charge in [-0.05, 0) is 85.0 Å². The molecule has 3 aromatic carbocycles. The van der Waals surface area contributed by atoms with Gasteiger partial charge in [-0.3, -0.25) is 0 Å². The number of hydrogen-bond donors (Lipinski definition) is 0. The maximum atomic E-state index is 15.3. The highest BCUT2D eigenvalue weighted by Gasteiger charge is 2.28. The van der Waals surface area contributed by atoms with Crippen molar-refractivity contribution in [1.29, 1.82) is 0 Å². The van der Waals surface area contributed by atoms with Gasteiger partial charge < -0.3 is 0 Å². The van der Waals surface area contributed by atoms with Crippen LogP contribution in [0.25, 0.3) is 27.8 Å². The van der Waals surface area contributed by atoms with Crippen LogP contribution in [-0.2, 0) is 6.42 Å². The number of aryl methyl sites for hydroxylation is 1. The zero-order chi connectivity index (χ0) is 27.5. The molecule has 0 nitrogen and oxygen atoms in total. The Morgan fingerprint density at radius 2 is 1.21 bits per heavy atom. The molecule has 0 aliphatic heterocycles. The summed E-state index contributed by atoms with van der Waals surface area (Å²) >= 11 is 0. The Hall–Kier alpha value is -2.88. The fraction of sp³-hybridized carbons (Fsp3) is 0.429. The van der Waals surface area contributed by atoms with E-state index < -0.39 is 23.3 Å². The maximum Gasteiger partial charge on any atom is 0.167 e. The van der Waals surface area contributed by atoms with Crippen LogP contribution in [-0.4, -0.2) is 0 Å². The van der Waals surface area contributed by atoms with E-state index in [1.807, 2.05) is 6.92 Å². The quantitative estimate of drug-likeness (QED) is 0.265. The van der Waals surface area contributed by atoms with Gasteiger partial charge in [0.15, 0.2) is 23.3 Å². The molecule has 0 bridgehead atoms. The highest BCUT2D eigenvalue weighted by Crippen LogP contribution is 2.42. The van der Waals surface area contributed by atoms with Crippen molar-refractivity contribution in [2.45, 2.75) is 78.1 Å². The molecule has 4 heteroatoms. The monoisotopic (exact) mass is 534 g/mol. The third-order valence-corrected chi connectivity index (χ3v) is 9.08. The maximum absolute atomic E-state index is 15.3. The Balaban J connectivity index is 1.32. The summed E-state index contributed by atoms with van der Waals surface area (Å²) in [5.74, 6) is -1.14. The number of halogens is 4. The molecule has 2 aliphatic rings. The van der Waals surface area contributed by atoms with Gasteiger partial charge in [-0.1, -0.05) is 87.7 Å². The van der Waals surface area contributed by atoms with Crippen LogP contribution in [0.3, 0.4) is 0 Å². The molecular weight excluding hydrogens is 496 g/mol. The van der Waals surface area contributed by atoms with Crippen LogP contribution < -0.4 is 0 Å². The first-order chi connectivity index (χ1) is 18.9. The van der Waals surface area contributed by atoms with Gasteiger partial charge in [-0.15, -0.1) is 0 Å². The number of unbranched alkanes of at least 4 members (excludes halogenated alkanes) is 1. The molecule has 1 fully saturated rings. The van der Waals surface area contributed by atoms with Crippen LogP contribution in [0.15, 0.2) is 54.6 Å². The van der Waals surface area contributed by atoms with Gasteiger partial charge in [0.25, 0.3) is 0 Å². The van der Waals surface area contributed by atoms with Gasteiger partial charge in [0.1, 0.15) is 0 Å². The minimum Gasteiger partial charge on any atom is -0.203 e. The van der Waals surface area contributed by atoms with Gasteiger partial charge in [0.2, 0.25) is 0 Å². The van der Waals surface area contributed by atoms with Crippen molar-refractivity contribution in [2.24, 2.45) is 17.8 Å². The third-order valence-electron chi connectivity index (χ3n) is 9.08. The van der Waals surface area contributed by atoms with E-state index in [1.54, 1.807) is 48.5 Å². The zero-order valence-corrected chi connectivity index (χ0v) is 23.0. The van der Waals surface area contributed by atoms with Crippen LogP contribution >= 0.6 is 0 Å². The first kappa shape index (κ1) is 27.7. The smallest absolute Gasteiger partial charge is 0.167 e. The number of hydrogen-bond acceptors (Lipinski definition) is 0. The minimum atomic E-state index is -0.876. The Morgan fingerprint density at radius 3 is 1.79 bits per heavy atom. The molecule has 0 radical (unpaired) electrons. The number of rotatable bonds is 7.